The molecule has 0 aliphatic heterocycles. The molecule has 0 bridgehead atoms. The van der Waals surface area contributed by atoms with Crippen molar-refractivity contribution in [3.8, 4) is 0 Å². The molecule has 2 aromatic heterocycles. The van der Waals surface area contributed by atoms with E-state index < -0.39 is 0 Å². The molecule has 0 fully saturated rings. The van der Waals surface area contributed by atoms with Crippen LogP contribution in [-0.4, -0.2) is 21.5 Å². The van der Waals surface area contributed by atoms with E-state index in [4.69, 9.17) is 0 Å². The predicted octanol–water partition coefficient (Wildman–Crippen LogP) is 2.10. The largest absolute Gasteiger partial charge is 0.296 e. The molecule has 0 saturated heterocycles. The van der Waals surface area contributed by atoms with Crippen LogP contribution in [0, 0.1) is 0 Å². The maximum atomic E-state index is 11.5. The lowest BCUT2D eigenvalue weighted by atomic mass is 10.2. The van der Waals surface area contributed by atoms with E-state index in [-0.39, 0.29) is 5.91 Å². The van der Waals surface area contributed by atoms with Gasteiger partial charge in [-0.1, -0.05) is 11.9 Å². The number of imidazole rings is 1. The molecule has 0 spiro atoms. The number of carbonyl (C=O) groups is 1. The molecular weight excluding hydrogens is 278 g/mol. The van der Waals surface area contributed by atoms with Gasteiger partial charge in [0.15, 0.2) is 0 Å². The second-order valence-electron chi connectivity index (χ2n) is 2.86. The highest BCUT2D eigenvalue weighted by atomic mass is 79.9. The van der Waals surface area contributed by atoms with Gasteiger partial charge in [-0.2, -0.15) is 0 Å². The fourth-order valence-corrected chi connectivity index (χ4v) is 1.95. The Labute approximate surface area is 99.3 Å². The van der Waals surface area contributed by atoms with E-state index in [0.29, 0.717) is 5.56 Å². The van der Waals surface area contributed by atoms with Gasteiger partial charge in [-0.15, -0.1) is 0 Å². The van der Waals surface area contributed by atoms with E-state index >= 15 is 0 Å². The first-order valence-electron chi connectivity index (χ1n) is 4.18. The van der Waals surface area contributed by atoms with Gasteiger partial charge in [0.1, 0.15) is 10.3 Å². The summed E-state index contributed by atoms with van der Waals surface area (Å²) >= 11 is 4.63. The van der Waals surface area contributed by atoms with Crippen molar-refractivity contribution in [3.63, 3.8) is 0 Å². The summed E-state index contributed by atoms with van der Waals surface area (Å²) in [6.45, 7) is 0. The Morgan fingerprint density at radius 2 is 2.47 bits per heavy atom. The van der Waals surface area contributed by atoms with Crippen LogP contribution in [0.15, 0.2) is 29.1 Å². The highest BCUT2D eigenvalue weighted by Crippen LogP contribution is 2.14. The smallest absolute Gasteiger partial charge is 0.261 e. The Morgan fingerprint density at radius 1 is 1.67 bits per heavy atom. The van der Waals surface area contributed by atoms with Crippen LogP contribution < -0.4 is 4.72 Å². The van der Waals surface area contributed by atoms with E-state index in [9.17, 15) is 4.79 Å². The highest BCUT2D eigenvalue weighted by Gasteiger charge is 2.07. The molecule has 2 heterocycles. The van der Waals surface area contributed by atoms with Crippen LogP contribution in [0.25, 0.3) is 5.65 Å². The van der Waals surface area contributed by atoms with Gasteiger partial charge in [0.2, 0.25) is 0 Å². The van der Waals surface area contributed by atoms with Gasteiger partial charge in [0, 0.05) is 18.0 Å². The van der Waals surface area contributed by atoms with E-state index in [1.54, 1.807) is 18.3 Å². The number of halogens is 1. The fraction of sp³-hybridized carbons (Fsp3) is 0.111. The third-order valence-corrected chi connectivity index (χ3v) is 2.90. The van der Waals surface area contributed by atoms with Crippen LogP contribution in [0.2, 0.25) is 0 Å². The summed E-state index contributed by atoms with van der Waals surface area (Å²) in [4.78, 5) is 15.7. The van der Waals surface area contributed by atoms with Gasteiger partial charge in [-0.3, -0.25) is 13.9 Å². The number of hydrogen-bond donors (Lipinski definition) is 1. The molecule has 0 unspecified atom stereocenters. The van der Waals surface area contributed by atoms with Crippen LogP contribution in [-0.2, 0) is 0 Å². The molecule has 15 heavy (non-hydrogen) atoms. The van der Waals surface area contributed by atoms with E-state index in [0.717, 1.165) is 10.3 Å². The van der Waals surface area contributed by atoms with Crippen molar-refractivity contribution in [2.75, 3.05) is 6.26 Å². The Balaban J connectivity index is 2.43. The standard InChI is InChI=1S/C9H8BrN3OS/c1-15-12-9(14)6-2-3-13-7(10)5-11-8(13)4-6/h2-5H,1H3,(H,12,14). The van der Waals surface area contributed by atoms with E-state index in [1.807, 2.05) is 16.9 Å². The molecule has 78 valence electrons. The lowest BCUT2D eigenvalue weighted by Crippen LogP contribution is -2.15. The lowest BCUT2D eigenvalue weighted by Gasteiger charge is -2.01. The van der Waals surface area contributed by atoms with Gasteiger partial charge < -0.3 is 0 Å². The van der Waals surface area contributed by atoms with Crippen LogP contribution in [0.3, 0.4) is 0 Å². The summed E-state index contributed by atoms with van der Waals surface area (Å²) in [6.07, 6.45) is 5.32. The van der Waals surface area contributed by atoms with E-state index in [2.05, 4.69) is 25.6 Å². The Kier molecular flexibility index (Phi) is 2.97. The Hall–Kier alpha value is -1.01. The second-order valence-corrected chi connectivity index (χ2v) is 4.28. The maximum absolute atomic E-state index is 11.5. The van der Waals surface area contributed by atoms with Crippen molar-refractivity contribution in [2.45, 2.75) is 0 Å². The molecule has 0 aliphatic carbocycles. The third kappa shape index (κ3) is 2.00. The molecule has 1 amide bonds. The van der Waals surface area contributed by atoms with Crippen molar-refractivity contribution in [1.82, 2.24) is 14.1 Å². The lowest BCUT2D eigenvalue weighted by molar-refractivity contribution is 0.0984. The Morgan fingerprint density at radius 3 is 3.20 bits per heavy atom. The monoisotopic (exact) mass is 285 g/mol. The predicted molar refractivity (Wildman–Crippen MR) is 63.9 cm³/mol. The van der Waals surface area contributed by atoms with Gasteiger partial charge >= 0.3 is 0 Å². The number of hydrogen-bond acceptors (Lipinski definition) is 3. The number of nitrogens with one attached hydrogen (secondary N) is 1. The molecule has 0 aromatic carbocycles. The fourth-order valence-electron chi connectivity index (χ4n) is 1.24. The summed E-state index contributed by atoms with van der Waals surface area (Å²) in [5.41, 5.74) is 1.35. The summed E-state index contributed by atoms with van der Waals surface area (Å²) < 4.78 is 5.39. The Bertz CT molecular complexity index is 511. The SMILES string of the molecule is CSNC(=O)c1ccn2c(Br)cnc2c1. The van der Waals surface area contributed by atoms with Crippen molar-refractivity contribution in [2.24, 2.45) is 0 Å². The van der Waals surface area contributed by atoms with Gasteiger partial charge in [-0.25, -0.2) is 4.98 Å². The molecule has 4 nitrogen and oxygen atoms in total. The number of fused-ring (bicyclic) bond motifs is 1. The number of rotatable bonds is 2. The summed E-state index contributed by atoms with van der Waals surface area (Å²) in [5, 5.41) is 0. The minimum atomic E-state index is -0.107. The average Bonchev–Trinajstić information content (AvgIpc) is 2.60. The van der Waals surface area contributed by atoms with Crippen LogP contribution >= 0.6 is 27.9 Å². The summed E-state index contributed by atoms with van der Waals surface area (Å²) in [7, 11) is 0. The molecule has 6 heteroatoms. The molecular formula is C9H8BrN3OS. The van der Waals surface area contributed by atoms with Gasteiger partial charge in [0.05, 0.1) is 6.20 Å². The number of carbonyl (C=O) groups excluding carboxylic acids is 1. The zero-order chi connectivity index (χ0) is 10.8. The maximum Gasteiger partial charge on any atom is 0.261 e. The van der Waals surface area contributed by atoms with Crippen molar-refractivity contribution in [3.05, 3.63) is 34.7 Å². The molecule has 2 aromatic rings. The van der Waals surface area contributed by atoms with Crippen molar-refractivity contribution >= 4 is 39.4 Å². The minimum Gasteiger partial charge on any atom is -0.296 e. The molecule has 1 N–H and O–H groups in total. The van der Waals surface area contributed by atoms with Crippen molar-refractivity contribution < 1.29 is 4.79 Å². The molecule has 2 rings (SSSR count). The van der Waals surface area contributed by atoms with Crippen LogP contribution in [0.1, 0.15) is 10.4 Å². The van der Waals surface area contributed by atoms with Crippen LogP contribution in [0.4, 0.5) is 0 Å². The first-order chi connectivity index (χ1) is 7.22. The average molecular weight is 286 g/mol. The number of amides is 1. The molecule has 0 radical (unpaired) electrons. The number of nitrogens with zero attached hydrogens (tertiary/aromatic N) is 2. The number of aromatic nitrogens is 2. The quantitative estimate of drug-likeness (QED) is 0.860. The first-order valence-corrected chi connectivity index (χ1v) is 6.20. The molecule has 0 atom stereocenters. The van der Waals surface area contributed by atoms with Gasteiger partial charge in [0.25, 0.3) is 5.91 Å². The first kappa shape index (κ1) is 10.5. The second kappa shape index (κ2) is 4.24. The van der Waals surface area contributed by atoms with Crippen molar-refractivity contribution in [1.29, 1.82) is 0 Å². The molecule has 0 saturated carbocycles. The summed E-state index contributed by atoms with van der Waals surface area (Å²) in [6, 6.07) is 3.50. The van der Waals surface area contributed by atoms with E-state index in [1.165, 1.54) is 11.9 Å². The highest BCUT2D eigenvalue weighted by molar-refractivity contribution is 9.10. The van der Waals surface area contributed by atoms with Crippen LogP contribution in [0.5, 0.6) is 0 Å². The zero-order valence-corrected chi connectivity index (χ0v) is 10.3. The molecule has 0 aliphatic rings. The van der Waals surface area contributed by atoms with Gasteiger partial charge in [-0.05, 0) is 28.1 Å². The minimum absolute atomic E-state index is 0.107. The third-order valence-electron chi connectivity index (χ3n) is 1.93. The normalized spacial score (nSPS) is 10.5. The number of pyridine rings is 1. The topological polar surface area (TPSA) is 46.4 Å². The zero-order valence-electron chi connectivity index (χ0n) is 7.90. The summed E-state index contributed by atoms with van der Waals surface area (Å²) in [5.74, 6) is -0.107.